The van der Waals surface area contributed by atoms with Crippen LogP contribution in [0.3, 0.4) is 0 Å². The van der Waals surface area contributed by atoms with E-state index in [-0.39, 0.29) is 12.2 Å². The first-order valence-electron chi connectivity index (χ1n) is 5.01. The van der Waals surface area contributed by atoms with Crippen LogP contribution < -0.4 is 10.5 Å². The van der Waals surface area contributed by atoms with Gasteiger partial charge < -0.3 is 15.6 Å². The van der Waals surface area contributed by atoms with E-state index in [1.54, 1.807) is 12.1 Å². The van der Waals surface area contributed by atoms with Gasteiger partial charge in [-0.1, -0.05) is 12.1 Å². The van der Waals surface area contributed by atoms with E-state index < -0.39 is 18.6 Å². The Kier molecular flexibility index (Phi) is 4.84. The lowest BCUT2D eigenvalue weighted by atomic mass is 10.0. The number of alkyl halides is 2. The van der Waals surface area contributed by atoms with E-state index >= 15 is 0 Å². The summed E-state index contributed by atoms with van der Waals surface area (Å²) in [5, 5.41) is 8.49. The Morgan fingerprint density at radius 2 is 1.94 bits per heavy atom. The number of aliphatic carboxylic acids is 1. The molecule has 1 aromatic rings. The van der Waals surface area contributed by atoms with E-state index in [1.165, 1.54) is 12.1 Å². The second-order valence-corrected chi connectivity index (χ2v) is 3.49. The molecular formula is C11H13F2NO3. The van der Waals surface area contributed by atoms with Crippen LogP contribution in [0.4, 0.5) is 8.78 Å². The maximum absolute atomic E-state index is 11.9. The number of carboxylic acid groups (broad SMARTS) is 1. The third-order valence-electron chi connectivity index (χ3n) is 2.20. The second kappa shape index (κ2) is 6.15. The number of nitrogens with two attached hydrogens (primary N) is 1. The van der Waals surface area contributed by atoms with Crippen molar-refractivity contribution in [3.63, 3.8) is 0 Å². The van der Waals surface area contributed by atoms with Crippen molar-refractivity contribution in [3.8, 4) is 5.75 Å². The molecule has 0 aliphatic rings. The van der Waals surface area contributed by atoms with Crippen molar-refractivity contribution in [1.82, 2.24) is 0 Å². The van der Waals surface area contributed by atoms with Gasteiger partial charge >= 0.3 is 12.6 Å². The summed E-state index contributed by atoms with van der Waals surface area (Å²) in [5.74, 6) is -0.868. The van der Waals surface area contributed by atoms with Gasteiger partial charge in [0.05, 0.1) is 0 Å². The summed E-state index contributed by atoms with van der Waals surface area (Å²) in [7, 11) is 0. The van der Waals surface area contributed by atoms with Gasteiger partial charge in [-0.25, -0.2) is 0 Å². The zero-order valence-electron chi connectivity index (χ0n) is 8.98. The van der Waals surface area contributed by atoms with Gasteiger partial charge in [-0.3, -0.25) is 4.79 Å². The molecule has 3 N–H and O–H groups in total. The van der Waals surface area contributed by atoms with Gasteiger partial charge in [0.1, 0.15) is 5.75 Å². The Morgan fingerprint density at radius 1 is 1.35 bits per heavy atom. The highest BCUT2D eigenvalue weighted by Gasteiger charge is 2.09. The molecule has 0 fully saturated rings. The van der Waals surface area contributed by atoms with Crippen LogP contribution in [0.15, 0.2) is 24.3 Å². The third kappa shape index (κ3) is 4.78. The average molecular weight is 245 g/mol. The first-order chi connectivity index (χ1) is 7.99. The van der Waals surface area contributed by atoms with Gasteiger partial charge in [0.15, 0.2) is 0 Å². The van der Waals surface area contributed by atoms with Crippen molar-refractivity contribution in [2.75, 3.05) is 0 Å². The van der Waals surface area contributed by atoms with Crippen molar-refractivity contribution in [1.29, 1.82) is 0 Å². The minimum absolute atomic E-state index is 0.0313. The standard InChI is InChI=1S/C11H13F2NO3/c12-11(13)17-8-3-1-7(2-4-8)9(14)5-6-10(15)16/h1-4,9,11H,5-6,14H2,(H,15,16). The van der Waals surface area contributed by atoms with Crippen LogP contribution in [-0.4, -0.2) is 17.7 Å². The third-order valence-corrected chi connectivity index (χ3v) is 2.20. The first-order valence-corrected chi connectivity index (χ1v) is 5.01. The molecule has 4 nitrogen and oxygen atoms in total. The second-order valence-electron chi connectivity index (χ2n) is 3.49. The molecule has 1 atom stereocenters. The van der Waals surface area contributed by atoms with Crippen LogP contribution in [0.5, 0.6) is 5.75 Å². The van der Waals surface area contributed by atoms with Crippen molar-refractivity contribution < 1.29 is 23.4 Å². The van der Waals surface area contributed by atoms with Gasteiger partial charge in [0.2, 0.25) is 0 Å². The molecule has 0 spiro atoms. The zero-order chi connectivity index (χ0) is 12.8. The molecule has 0 aromatic heterocycles. The minimum Gasteiger partial charge on any atom is -0.481 e. The molecule has 0 aliphatic carbocycles. The van der Waals surface area contributed by atoms with Crippen LogP contribution in [-0.2, 0) is 4.79 Å². The molecule has 6 heteroatoms. The SMILES string of the molecule is NC(CCC(=O)O)c1ccc(OC(F)F)cc1. The molecule has 0 aliphatic heterocycles. The molecule has 0 heterocycles. The number of carbonyl (C=O) groups is 1. The fourth-order valence-electron chi connectivity index (χ4n) is 1.34. The molecular weight excluding hydrogens is 232 g/mol. The lowest BCUT2D eigenvalue weighted by molar-refractivity contribution is -0.137. The number of hydrogen-bond donors (Lipinski definition) is 2. The maximum atomic E-state index is 11.9. The van der Waals surface area contributed by atoms with Crippen molar-refractivity contribution in [2.45, 2.75) is 25.5 Å². The average Bonchev–Trinajstić information content (AvgIpc) is 2.26. The van der Waals surface area contributed by atoms with Crippen molar-refractivity contribution in [3.05, 3.63) is 29.8 Å². The smallest absolute Gasteiger partial charge is 0.387 e. The van der Waals surface area contributed by atoms with Crippen LogP contribution in [0.2, 0.25) is 0 Å². The Labute approximate surface area is 97.0 Å². The quantitative estimate of drug-likeness (QED) is 0.805. The largest absolute Gasteiger partial charge is 0.481 e. The van der Waals surface area contributed by atoms with E-state index in [4.69, 9.17) is 10.8 Å². The monoisotopic (exact) mass is 245 g/mol. The van der Waals surface area contributed by atoms with Crippen LogP contribution in [0, 0.1) is 0 Å². The molecule has 94 valence electrons. The van der Waals surface area contributed by atoms with E-state index in [2.05, 4.69) is 4.74 Å². The molecule has 0 amide bonds. The number of halogens is 2. The van der Waals surface area contributed by atoms with Crippen LogP contribution >= 0.6 is 0 Å². The zero-order valence-corrected chi connectivity index (χ0v) is 8.98. The summed E-state index contributed by atoms with van der Waals surface area (Å²) in [6, 6.07) is 5.42. The van der Waals surface area contributed by atoms with E-state index in [1.807, 2.05) is 0 Å². The Hall–Kier alpha value is -1.69. The van der Waals surface area contributed by atoms with E-state index in [9.17, 15) is 13.6 Å². The number of carboxylic acids is 1. The van der Waals surface area contributed by atoms with Gasteiger partial charge in [0.25, 0.3) is 0 Å². The lowest BCUT2D eigenvalue weighted by Gasteiger charge is -2.11. The van der Waals surface area contributed by atoms with Crippen LogP contribution in [0.1, 0.15) is 24.4 Å². The molecule has 17 heavy (non-hydrogen) atoms. The number of ether oxygens (including phenoxy) is 1. The highest BCUT2D eigenvalue weighted by atomic mass is 19.3. The lowest BCUT2D eigenvalue weighted by Crippen LogP contribution is -2.12. The summed E-state index contributed by atoms with van der Waals surface area (Å²) in [6.07, 6.45) is 0.265. The molecule has 1 rings (SSSR count). The molecule has 0 bridgehead atoms. The van der Waals surface area contributed by atoms with Gasteiger partial charge in [-0.05, 0) is 24.1 Å². The fraction of sp³-hybridized carbons (Fsp3) is 0.364. The topological polar surface area (TPSA) is 72.6 Å². The normalized spacial score (nSPS) is 12.5. The van der Waals surface area contributed by atoms with Gasteiger partial charge in [-0.15, -0.1) is 0 Å². The number of hydrogen-bond acceptors (Lipinski definition) is 3. The molecule has 0 saturated carbocycles. The predicted molar refractivity (Wildman–Crippen MR) is 56.9 cm³/mol. The summed E-state index contributed by atoms with van der Waals surface area (Å²) < 4.78 is 27.9. The predicted octanol–water partition coefficient (Wildman–Crippen LogP) is 2.15. The highest BCUT2D eigenvalue weighted by Crippen LogP contribution is 2.20. The molecule has 1 aromatic carbocycles. The number of rotatable bonds is 6. The Morgan fingerprint density at radius 3 is 2.41 bits per heavy atom. The molecule has 0 saturated heterocycles. The Balaban J connectivity index is 2.57. The summed E-state index contributed by atoms with van der Waals surface area (Å²) in [5.41, 5.74) is 6.43. The highest BCUT2D eigenvalue weighted by molar-refractivity contribution is 5.66. The van der Waals surface area contributed by atoms with Gasteiger partial charge in [0, 0.05) is 12.5 Å². The van der Waals surface area contributed by atoms with E-state index in [0.29, 0.717) is 12.0 Å². The Bertz CT molecular complexity index is 367. The van der Waals surface area contributed by atoms with E-state index in [0.717, 1.165) is 0 Å². The first kappa shape index (κ1) is 13.4. The minimum atomic E-state index is -2.86. The van der Waals surface area contributed by atoms with Crippen LogP contribution in [0.25, 0.3) is 0 Å². The summed E-state index contributed by atoms with van der Waals surface area (Å²) >= 11 is 0. The molecule has 0 radical (unpaired) electrons. The molecule has 1 unspecified atom stereocenters. The van der Waals surface area contributed by atoms with Gasteiger partial charge in [-0.2, -0.15) is 8.78 Å². The van der Waals surface area contributed by atoms with Crippen molar-refractivity contribution in [2.24, 2.45) is 5.73 Å². The number of benzene rings is 1. The fourth-order valence-corrected chi connectivity index (χ4v) is 1.34. The van der Waals surface area contributed by atoms with Crippen molar-refractivity contribution >= 4 is 5.97 Å². The maximum Gasteiger partial charge on any atom is 0.387 e. The summed E-state index contributed by atoms with van der Waals surface area (Å²) in [6.45, 7) is -2.86. The summed E-state index contributed by atoms with van der Waals surface area (Å²) in [4.78, 5) is 10.4.